The maximum atomic E-state index is 12.5. The Labute approximate surface area is 136 Å². The van der Waals surface area contributed by atoms with E-state index < -0.39 is 0 Å². The standard InChI is InChI=1S/C20H19NO2/c1-14(2)15-8-10-17(11-9-15)21-20(22)19-18(12-13-23-19)16-6-4-3-5-7-16/h3-14H,1-2H3,(H,21,22). The first-order valence-electron chi connectivity index (χ1n) is 7.69. The summed E-state index contributed by atoms with van der Waals surface area (Å²) in [5.41, 5.74) is 3.75. The van der Waals surface area contributed by atoms with E-state index in [1.165, 1.54) is 5.56 Å². The van der Waals surface area contributed by atoms with Crippen LogP contribution in [0, 0.1) is 0 Å². The first-order chi connectivity index (χ1) is 11.1. The van der Waals surface area contributed by atoms with Crippen LogP contribution >= 0.6 is 0 Å². The monoisotopic (exact) mass is 305 g/mol. The number of benzene rings is 2. The van der Waals surface area contributed by atoms with Gasteiger partial charge in [0.15, 0.2) is 5.76 Å². The molecule has 116 valence electrons. The quantitative estimate of drug-likeness (QED) is 0.708. The maximum Gasteiger partial charge on any atom is 0.292 e. The van der Waals surface area contributed by atoms with Crippen LogP contribution in [0.5, 0.6) is 0 Å². The van der Waals surface area contributed by atoms with Crippen molar-refractivity contribution >= 4 is 11.6 Å². The number of amides is 1. The Balaban J connectivity index is 1.81. The average molecular weight is 305 g/mol. The molecule has 1 heterocycles. The molecule has 0 aliphatic rings. The molecule has 3 heteroatoms. The number of hydrogen-bond acceptors (Lipinski definition) is 2. The smallest absolute Gasteiger partial charge is 0.292 e. The lowest BCUT2D eigenvalue weighted by Crippen LogP contribution is -2.12. The van der Waals surface area contributed by atoms with Gasteiger partial charge in [0.05, 0.1) is 6.26 Å². The molecule has 0 spiro atoms. The lowest BCUT2D eigenvalue weighted by molar-refractivity contribution is 0.0997. The summed E-state index contributed by atoms with van der Waals surface area (Å²) in [7, 11) is 0. The number of furan rings is 1. The first-order valence-corrected chi connectivity index (χ1v) is 7.69. The summed E-state index contributed by atoms with van der Waals surface area (Å²) in [5, 5.41) is 2.89. The van der Waals surface area contributed by atoms with Crippen LogP contribution < -0.4 is 5.32 Å². The van der Waals surface area contributed by atoms with Crippen LogP contribution in [-0.4, -0.2) is 5.91 Å². The minimum atomic E-state index is -0.244. The molecule has 0 atom stereocenters. The third-order valence-electron chi connectivity index (χ3n) is 3.79. The average Bonchev–Trinajstić information content (AvgIpc) is 3.06. The number of rotatable bonds is 4. The van der Waals surface area contributed by atoms with Crippen LogP contribution in [0.25, 0.3) is 11.1 Å². The van der Waals surface area contributed by atoms with E-state index in [1.807, 2.05) is 60.7 Å². The second-order valence-corrected chi connectivity index (χ2v) is 5.76. The van der Waals surface area contributed by atoms with E-state index in [2.05, 4.69) is 19.2 Å². The van der Waals surface area contributed by atoms with Gasteiger partial charge < -0.3 is 9.73 Å². The molecule has 0 aliphatic carbocycles. The summed E-state index contributed by atoms with van der Waals surface area (Å²) in [4.78, 5) is 12.5. The van der Waals surface area contributed by atoms with E-state index in [0.717, 1.165) is 16.8 Å². The molecular weight excluding hydrogens is 286 g/mol. The summed E-state index contributed by atoms with van der Waals surface area (Å²) < 4.78 is 5.40. The van der Waals surface area contributed by atoms with Crippen LogP contribution in [0.15, 0.2) is 71.3 Å². The Morgan fingerprint density at radius 3 is 2.30 bits per heavy atom. The predicted octanol–water partition coefficient (Wildman–Crippen LogP) is 5.32. The Morgan fingerprint density at radius 2 is 1.65 bits per heavy atom. The van der Waals surface area contributed by atoms with Crippen molar-refractivity contribution in [1.82, 2.24) is 0 Å². The van der Waals surface area contributed by atoms with Crippen LogP contribution in [-0.2, 0) is 0 Å². The van der Waals surface area contributed by atoms with E-state index in [1.54, 1.807) is 6.26 Å². The molecule has 3 nitrogen and oxygen atoms in total. The molecule has 0 saturated heterocycles. The van der Waals surface area contributed by atoms with Crippen LogP contribution in [0.2, 0.25) is 0 Å². The highest BCUT2D eigenvalue weighted by atomic mass is 16.3. The van der Waals surface area contributed by atoms with Gasteiger partial charge in [0.1, 0.15) is 0 Å². The molecule has 0 saturated carbocycles. The Morgan fingerprint density at radius 1 is 0.957 bits per heavy atom. The van der Waals surface area contributed by atoms with Gasteiger partial charge in [0.2, 0.25) is 0 Å². The third-order valence-corrected chi connectivity index (χ3v) is 3.79. The van der Waals surface area contributed by atoms with E-state index >= 15 is 0 Å². The molecule has 3 aromatic rings. The minimum Gasteiger partial charge on any atom is -0.459 e. The number of carbonyl (C=O) groups is 1. The van der Waals surface area contributed by atoms with Crippen LogP contribution in [0.4, 0.5) is 5.69 Å². The molecule has 23 heavy (non-hydrogen) atoms. The molecule has 0 aliphatic heterocycles. The van der Waals surface area contributed by atoms with E-state index in [0.29, 0.717) is 11.7 Å². The Kier molecular flexibility index (Phi) is 4.29. The van der Waals surface area contributed by atoms with Crippen molar-refractivity contribution < 1.29 is 9.21 Å². The molecule has 0 radical (unpaired) electrons. The number of anilines is 1. The predicted molar refractivity (Wildman–Crippen MR) is 92.6 cm³/mol. The molecular formula is C20H19NO2. The van der Waals surface area contributed by atoms with Gasteiger partial charge in [-0.25, -0.2) is 0 Å². The summed E-state index contributed by atoms with van der Waals surface area (Å²) in [5.74, 6) is 0.546. The molecule has 1 aromatic heterocycles. The lowest BCUT2D eigenvalue weighted by atomic mass is 10.0. The zero-order valence-electron chi connectivity index (χ0n) is 13.2. The summed E-state index contributed by atoms with van der Waals surface area (Å²) in [6.07, 6.45) is 1.54. The zero-order chi connectivity index (χ0) is 16.2. The van der Waals surface area contributed by atoms with Crippen molar-refractivity contribution in [3.05, 3.63) is 78.3 Å². The highest BCUT2D eigenvalue weighted by Crippen LogP contribution is 2.25. The van der Waals surface area contributed by atoms with Gasteiger partial charge in [-0.05, 0) is 35.2 Å². The molecule has 1 amide bonds. The molecule has 0 unspecified atom stereocenters. The fourth-order valence-corrected chi connectivity index (χ4v) is 2.47. The second-order valence-electron chi connectivity index (χ2n) is 5.76. The van der Waals surface area contributed by atoms with Gasteiger partial charge in [0.25, 0.3) is 5.91 Å². The van der Waals surface area contributed by atoms with Crippen molar-refractivity contribution in [3.63, 3.8) is 0 Å². The van der Waals surface area contributed by atoms with Crippen molar-refractivity contribution in [2.24, 2.45) is 0 Å². The summed E-state index contributed by atoms with van der Waals surface area (Å²) >= 11 is 0. The van der Waals surface area contributed by atoms with E-state index in [4.69, 9.17) is 4.42 Å². The van der Waals surface area contributed by atoms with Gasteiger partial charge in [-0.15, -0.1) is 0 Å². The number of carbonyl (C=O) groups excluding carboxylic acids is 1. The van der Waals surface area contributed by atoms with Crippen molar-refractivity contribution in [2.75, 3.05) is 5.32 Å². The Bertz CT molecular complexity index is 786. The van der Waals surface area contributed by atoms with Gasteiger partial charge in [-0.1, -0.05) is 56.3 Å². The molecule has 1 N–H and O–H groups in total. The highest BCUT2D eigenvalue weighted by molar-refractivity contribution is 6.06. The number of hydrogen-bond donors (Lipinski definition) is 1. The summed E-state index contributed by atoms with van der Waals surface area (Å²) in [6, 6.07) is 19.4. The normalized spacial score (nSPS) is 10.7. The minimum absolute atomic E-state index is 0.244. The van der Waals surface area contributed by atoms with Crippen LogP contribution in [0.1, 0.15) is 35.9 Å². The SMILES string of the molecule is CC(C)c1ccc(NC(=O)c2occc2-c2ccccc2)cc1. The molecule has 0 fully saturated rings. The highest BCUT2D eigenvalue weighted by Gasteiger charge is 2.16. The fourth-order valence-electron chi connectivity index (χ4n) is 2.47. The van der Waals surface area contributed by atoms with E-state index in [9.17, 15) is 4.79 Å². The van der Waals surface area contributed by atoms with E-state index in [-0.39, 0.29) is 5.91 Å². The van der Waals surface area contributed by atoms with Crippen molar-refractivity contribution in [1.29, 1.82) is 0 Å². The van der Waals surface area contributed by atoms with Gasteiger partial charge >= 0.3 is 0 Å². The van der Waals surface area contributed by atoms with Gasteiger partial charge in [-0.3, -0.25) is 4.79 Å². The van der Waals surface area contributed by atoms with Crippen molar-refractivity contribution in [2.45, 2.75) is 19.8 Å². The Hall–Kier alpha value is -2.81. The zero-order valence-corrected chi connectivity index (χ0v) is 13.2. The summed E-state index contributed by atoms with van der Waals surface area (Å²) in [6.45, 7) is 4.28. The van der Waals surface area contributed by atoms with Gasteiger partial charge in [-0.2, -0.15) is 0 Å². The topological polar surface area (TPSA) is 42.2 Å². The first kappa shape index (κ1) is 15.1. The lowest BCUT2D eigenvalue weighted by Gasteiger charge is -2.08. The fraction of sp³-hybridized carbons (Fsp3) is 0.150. The van der Waals surface area contributed by atoms with Gasteiger partial charge in [0, 0.05) is 11.3 Å². The molecule has 0 bridgehead atoms. The van der Waals surface area contributed by atoms with Crippen LogP contribution in [0.3, 0.4) is 0 Å². The second kappa shape index (κ2) is 6.53. The number of nitrogens with one attached hydrogen (secondary N) is 1. The largest absolute Gasteiger partial charge is 0.459 e. The third kappa shape index (κ3) is 3.34. The molecule has 3 rings (SSSR count). The van der Waals surface area contributed by atoms with Crippen molar-refractivity contribution in [3.8, 4) is 11.1 Å². The molecule has 2 aromatic carbocycles. The maximum absolute atomic E-state index is 12.5.